The second-order valence-electron chi connectivity index (χ2n) is 8.42. The second kappa shape index (κ2) is 9.09. The third-order valence-corrected chi connectivity index (χ3v) is 6.22. The number of aromatic nitrogens is 2. The second-order valence-corrected chi connectivity index (χ2v) is 8.42. The first-order chi connectivity index (χ1) is 16.5. The average molecular weight is 459 g/mol. The number of hydrogen-bond acceptors (Lipinski definition) is 3. The number of hydrogen-bond donors (Lipinski definition) is 1. The summed E-state index contributed by atoms with van der Waals surface area (Å²) in [6.07, 6.45) is 3.62. The van der Waals surface area contributed by atoms with Crippen molar-refractivity contribution in [2.45, 2.75) is 25.3 Å². The molecular formula is C27H23F2N3O2. The van der Waals surface area contributed by atoms with Gasteiger partial charge in [0.15, 0.2) is 0 Å². The third kappa shape index (κ3) is 4.41. The Balaban J connectivity index is 1.50. The molecule has 7 heteroatoms. The molecule has 1 fully saturated rings. The molecule has 1 aliphatic heterocycles. The predicted octanol–water partition coefficient (Wildman–Crippen LogP) is 5.43. The van der Waals surface area contributed by atoms with Gasteiger partial charge >= 0.3 is 0 Å². The summed E-state index contributed by atoms with van der Waals surface area (Å²) in [6.45, 7) is 0.527. The minimum Gasteiger partial charge on any atom is -0.508 e. The number of aromatic hydroxyl groups is 1. The zero-order chi connectivity index (χ0) is 23.7. The van der Waals surface area contributed by atoms with Crippen LogP contribution in [0, 0.1) is 11.6 Å². The van der Waals surface area contributed by atoms with Gasteiger partial charge in [0.2, 0.25) is 5.91 Å². The fraction of sp³-hybridized carbons (Fsp3) is 0.185. The van der Waals surface area contributed by atoms with Gasteiger partial charge in [-0.2, -0.15) is 5.10 Å². The molecule has 0 aliphatic carbocycles. The van der Waals surface area contributed by atoms with Crippen LogP contribution < -0.4 is 0 Å². The van der Waals surface area contributed by atoms with Crippen molar-refractivity contribution in [3.63, 3.8) is 0 Å². The number of carbonyl (C=O) groups is 1. The van der Waals surface area contributed by atoms with E-state index in [9.17, 15) is 18.7 Å². The van der Waals surface area contributed by atoms with Crippen molar-refractivity contribution in [2.24, 2.45) is 0 Å². The number of phenolic OH excluding ortho intramolecular Hbond substituents is 1. The molecule has 0 bridgehead atoms. The monoisotopic (exact) mass is 459 g/mol. The van der Waals surface area contributed by atoms with Gasteiger partial charge in [0.25, 0.3) is 0 Å². The van der Waals surface area contributed by atoms with Crippen LogP contribution >= 0.6 is 0 Å². The van der Waals surface area contributed by atoms with E-state index >= 15 is 0 Å². The molecular weight excluding hydrogens is 436 g/mol. The predicted molar refractivity (Wildman–Crippen MR) is 124 cm³/mol. The van der Waals surface area contributed by atoms with Crippen molar-refractivity contribution < 1.29 is 18.7 Å². The first-order valence-electron chi connectivity index (χ1n) is 11.2. The lowest BCUT2D eigenvalue weighted by Gasteiger charge is -2.25. The fourth-order valence-electron chi connectivity index (χ4n) is 4.44. The molecule has 0 saturated carbocycles. The Labute approximate surface area is 195 Å². The number of benzene rings is 3. The summed E-state index contributed by atoms with van der Waals surface area (Å²) in [5.74, 6) is -0.397. The first-order valence-corrected chi connectivity index (χ1v) is 11.2. The van der Waals surface area contributed by atoms with E-state index in [4.69, 9.17) is 5.10 Å². The van der Waals surface area contributed by atoms with Crippen molar-refractivity contribution in [1.29, 1.82) is 0 Å². The Morgan fingerprint density at radius 3 is 2.24 bits per heavy atom. The van der Waals surface area contributed by atoms with E-state index in [1.807, 2.05) is 23.2 Å². The number of likely N-dealkylation sites (tertiary alicyclic amines) is 1. The van der Waals surface area contributed by atoms with E-state index in [2.05, 4.69) is 0 Å². The molecule has 0 radical (unpaired) electrons. The van der Waals surface area contributed by atoms with E-state index < -0.39 is 0 Å². The standard InChI is InChI=1S/C27H23F2N3O2/c28-20-5-3-19(4-6-20)27-24(17-32(30-27)22-9-7-21(29)8-10-22)25-13-14-26(34)31(25)16-15-18-1-11-23(33)12-2-18/h1-12,17,25,33H,13-16H2/t25-/m1/s1. The molecule has 2 heterocycles. The maximum absolute atomic E-state index is 13.6. The highest BCUT2D eigenvalue weighted by atomic mass is 19.1. The topological polar surface area (TPSA) is 58.4 Å². The number of rotatable bonds is 6. The van der Waals surface area contributed by atoms with Gasteiger partial charge in [-0.05, 0) is 79.1 Å². The van der Waals surface area contributed by atoms with Crippen LogP contribution in [0.15, 0.2) is 79.0 Å². The average Bonchev–Trinajstić information content (AvgIpc) is 3.43. The summed E-state index contributed by atoms with van der Waals surface area (Å²) in [4.78, 5) is 14.7. The summed E-state index contributed by atoms with van der Waals surface area (Å²) in [6, 6.07) is 18.9. The minimum absolute atomic E-state index is 0.0726. The minimum atomic E-state index is -0.338. The van der Waals surface area contributed by atoms with Gasteiger partial charge < -0.3 is 10.0 Å². The molecule has 1 atom stereocenters. The molecule has 1 amide bonds. The Morgan fingerprint density at radius 1 is 0.912 bits per heavy atom. The number of phenols is 1. The highest BCUT2D eigenvalue weighted by Gasteiger charge is 2.34. The summed E-state index contributed by atoms with van der Waals surface area (Å²) in [7, 11) is 0. The normalized spacial score (nSPS) is 15.8. The van der Waals surface area contributed by atoms with Crippen molar-refractivity contribution in [1.82, 2.24) is 14.7 Å². The van der Waals surface area contributed by atoms with Gasteiger partial charge in [-0.3, -0.25) is 4.79 Å². The molecule has 5 rings (SSSR count). The number of carbonyl (C=O) groups excluding carboxylic acids is 1. The zero-order valence-corrected chi connectivity index (χ0v) is 18.4. The van der Waals surface area contributed by atoms with Gasteiger partial charge in [-0.1, -0.05) is 12.1 Å². The third-order valence-electron chi connectivity index (χ3n) is 6.22. The highest BCUT2D eigenvalue weighted by molar-refractivity contribution is 5.80. The maximum Gasteiger partial charge on any atom is 0.223 e. The molecule has 5 nitrogen and oxygen atoms in total. The Bertz CT molecular complexity index is 1300. The van der Waals surface area contributed by atoms with E-state index in [0.717, 1.165) is 16.7 Å². The molecule has 1 aromatic heterocycles. The SMILES string of the molecule is O=C1CC[C@H](c2cn(-c3ccc(F)cc3)nc2-c2ccc(F)cc2)N1CCc1ccc(O)cc1. The van der Waals surface area contributed by atoms with Crippen molar-refractivity contribution in [3.8, 4) is 22.7 Å². The van der Waals surface area contributed by atoms with Crippen LogP contribution in [0.1, 0.15) is 30.0 Å². The van der Waals surface area contributed by atoms with Crippen molar-refractivity contribution in [3.05, 3.63) is 102 Å². The van der Waals surface area contributed by atoms with Crippen LogP contribution in [0.3, 0.4) is 0 Å². The van der Waals surface area contributed by atoms with Crippen LogP contribution in [0.2, 0.25) is 0 Å². The number of nitrogens with zero attached hydrogens (tertiary/aromatic N) is 3. The van der Waals surface area contributed by atoms with Crippen LogP contribution in [0.4, 0.5) is 8.78 Å². The first kappa shape index (κ1) is 21.8. The molecule has 0 spiro atoms. The fourth-order valence-corrected chi connectivity index (χ4v) is 4.44. The lowest BCUT2D eigenvalue weighted by atomic mass is 10.0. The van der Waals surface area contributed by atoms with E-state index in [0.29, 0.717) is 37.2 Å². The molecule has 1 saturated heterocycles. The molecule has 3 aromatic carbocycles. The van der Waals surface area contributed by atoms with Gasteiger partial charge in [0, 0.05) is 30.3 Å². The van der Waals surface area contributed by atoms with Crippen LogP contribution in [-0.4, -0.2) is 32.2 Å². The van der Waals surface area contributed by atoms with Crippen LogP contribution in [0.25, 0.3) is 16.9 Å². The van der Waals surface area contributed by atoms with Gasteiger partial charge in [-0.25, -0.2) is 13.5 Å². The van der Waals surface area contributed by atoms with Gasteiger partial charge in [0.05, 0.1) is 17.4 Å². The quantitative estimate of drug-likeness (QED) is 0.418. The molecule has 0 unspecified atom stereocenters. The van der Waals surface area contributed by atoms with Gasteiger partial charge in [0.1, 0.15) is 17.4 Å². The largest absolute Gasteiger partial charge is 0.508 e. The zero-order valence-electron chi connectivity index (χ0n) is 18.4. The van der Waals surface area contributed by atoms with Crippen molar-refractivity contribution in [2.75, 3.05) is 6.54 Å². The van der Waals surface area contributed by atoms with Crippen molar-refractivity contribution >= 4 is 5.91 Å². The summed E-state index contributed by atoms with van der Waals surface area (Å²) >= 11 is 0. The molecule has 1 N–H and O–H groups in total. The lowest BCUT2D eigenvalue weighted by Crippen LogP contribution is -2.30. The van der Waals surface area contributed by atoms with Crippen LogP contribution in [0.5, 0.6) is 5.75 Å². The highest BCUT2D eigenvalue weighted by Crippen LogP contribution is 2.38. The Hall–Kier alpha value is -4.00. The Kier molecular flexibility index (Phi) is 5.84. The van der Waals surface area contributed by atoms with Gasteiger partial charge in [-0.15, -0.1) is 0 Å². The van der Waals surface area contributed by atoms with E-state index in [1.165, 1.54) is 24.3 Å². The van der Waals surface area contributed by atoms with E-state index in [1.54, 1.807) is 41.1 Å². The van der Waals surface area contributed by atoms with E-state index in [-0.39, 0.29) is 29.3 Å². The number of halogens is 2. The number of amides is 1. The maximum atomic E-state index is 13.6. The molecule has 34 heavy (non-hydrogen) atoms. The summed E-state index contributed by atoms with van der Waals surface area (Å²) in [5, 5.41) is 14.3. The molecule has 1 aliphatic rings. The lowest BCUT2D eigenvalue weighted by molar-refractivity contribution is -0.129. The Morgan fingerprint density at radius 2 is 1.56 bits per heavy atom. The molecule has 172 valence electrons. The summed E-state index contributed by atoms with van der Waals surface area (Å²) in [5.41, 5.74) is 3.99. The molecule has 4 aromatic rings. The van der Waals surface area contributed by atoms with Crippen LogP contribution in [-0.2, 0) is 11.2 Å². The summed E-state index contributed by atoms with van der Waals surface area (Å²) < 4.78 is 28.7. The smallest absolute Gasteiger partial charge is 0.223 e.